The number of carboxylic acids is 1. The van der Waals surface area contributed by atoms with E-state index in [2.05, 4.69) is 15.3 Å². The van der Waals surface area contributed by atoms with Crippen LogP contribution in [0.5, 0.6) is 0 Å². The lowest BCUT2D eigenvalue weighted by Gasteiger charge is -2.11. The highest BCUT2D eigenvalue weighted by Crippen LogP contribution is 2.28. The van der Waals surface area contributed by atoms with Crippen LogP contribution in [0.1, 0.15) is 45.7 Å². The van der Waals surface area contributed by atoms with Gasteiger partial charge in [-0.1, -0.05) is 30.3 Å². The number of benzene rings is 2. The summed E-state index contributed by atoms with van der Waals surface area (Å²) in [5, 5.41) is 11.8. The van der Waals surface area contributed by atoms with Gasteiger partial charge in [-0.15, -0.1) is 0 Å². The number of nitrogens with zero attached hydrogens (tertiary/aromatic N) is 2. The summed E-state index contributed by atoms with van der Waals surface area (Å²) in [6, 6.07) is 10.4. The molecule has 1 aliphatic rings. The van der Waals surface area contributed by atoms with Crippen LogP contribution in [0.3, 0.4) is 0 Å². The molecule has 2 heterocycles. The Morgan fingerprint density at radius 2 is 1.77 bits per heavy atom. The van der Waals surface area contributed by atoms with Gasteiger partial charge in [-0.3, -0.25) is 9.59 Å². The monoisotopic (exact) mass is 409 g/mol. The van der Waals surface area contributed by atoms with Crippen LogP contribution >= 0.6 is 0 Å². The van der Waals surface area contributed by atoms with E-state index in [9.17, 15) is 18.4 Å². The van der Waals surface area contributed by atoms with Crippen molar-refractivity contribution in [3.8, 4) is 11.4 Å². The summed E-state index contributed by atoms with van der Waals surface area (Å²) < 4.78 is 28.5. The minimum absolute atomic E-state index is 0.119. The largest absolute Gasteiger partial charge is 0.481 e. The van der Waals surface area contributed by atoms with Gasteiger partial charge in [0.05, 0.1) is 35.0 Å². The zero-order valence-electron chi connectivity index (χ0n) is 15.9. The van der Waals surface area contributed by atoms with Crippen molar-refractivity contribution in [2.45, 2.75) is 25.8 Å². The number of carbonyl (C=O) groups excluding carboxylic acids is 1. The smallest absolute Gasteiger partial charge is 0.310 e. The van der Waals surface area contributed by atoms with Gasteiger partial charge in [0, 0.05) is 6.42 Å². The molecule has 0 radical (unpaired) electrons. The zero-order valence-corrected chi connectivity index (χ0v) is 15.9. The Morgan fingerprint density at radius 1 is 1.10 bits per heavy atom. The average Bonchev–Trinajstić information content (AvgIpc) is 3.09. The molecule has 2 aromatic carbocycles. The molecule has 2 N–H and O–H groups in total. The number of carbonyl (C=O) groups is 2. The maximum atomic E-state index is 14.3. The van der Waals surface area contributed by atoms with E-state index < -0.39 is 23.5 Å². The SMILES string of the molecule is C[C@H](C(=O)O)c1ccc(Cc2nc(-c3c(F)cccc3F)nc3c2C(=O)NC3)cc1. The minimum Gasteiger partial charge on any atom is -0.481 e. The van der Waals surface area contributed by atoms with E-state index in [-0.39, 0.29) is 30.3 Å². The van der Waals surface area contributed by atoms with E-state index in [1.165, 1.54) is 6.07 Å². The first kappa shape index (κ1) is 19.6. The Hall–Kier alpha value is -3.68. The summed E-state index contributed by atoms with van der Waals surface area (Å²) in [6.07, 6.45) is 0.225. The molecule has 30 heavy (non-hydrogen) atoms. The van der Waals surface area contributed by atoms with Gasteiger partial charge in [-0.2, -0.15) is 0 Å². The van der Waals surface area contributed by atoms with Crippen molar-refractivity contribution in [2.75, 3.05) is 0 Å². The van der Waals surface area contributed by atoms with Crippen molar-refractivity contribution >= 4 is 11.9 Å². The fraction of sp³-hybridized carbons (Fsp3) is 0.182. The minimum atomic E-state index is -0.926. The first-order valence-corrected chi connectivity index (χ1v) is 9.29. The molecule has 1 atom stereocenters. The first-order chi connectivity index (χ1) is 14.3. The summed E-state index contributed by atoms with van der Waals surface area (Å²) in [6.45, 7) is 1.75. The topological polar surface area (TPSA) is 92.2 Å². The molecule has 0 saturated carbocycles. The van der Waals surface area contributed by atoms with Crippen LogP contribution in [0.2, 0.25) is 0 Å². The molecule has 1 aromatic heterocycles. The van der Waals surface area contributed by atoms with Crippen molar-refractivity contribution in [1.29, 1.82) is 0 Å². The van der Waals surface area contributed by atoms with Crippen molar-refractivity contribution in [3.63, 3.8) is 0 Å². The van der Waals surface area contributed by atoms with Crippen LogP contribution in [-0.4, -0.2) is 27.0 Å². The van der Waals surface area contributed by atoms with Crippen molar-refractivity contribution in [1.82, 2.24) is 15.3 Å². The maximum Gasteiger partial charge on any atom is 0.310 e. The average molecular weight is 409 g/mol. The number of nitrogens with one attached hydrogen (secondary N) is 1. The lowest BCUT2D eigenvalue weighted by Crippen LogP contribution is -2.15. The lowest BCUT2D eigenvalue weighted by molar-refractivity contribution is -0.138. The molecule has 0 saturated heterocycles. The molecule has 6 nitrogen and oxygen atoms in total. The molecule has 0 spiro atoms. The number of hydrogen-bond donors (Lipinski definition) is 2. The van der Waals surface area contributed by atoms with Gasteiger partial charge < -0.3 is 10.4 Å². The standard InChI is InChI=1S/C22H17F2N3O3/c1-11(22(29)30)13-7-5-12(6-8-13)9-16-19-17(10-25-21(19)28)27-20(26-16)18-14(23)3-2-4-15(18)24/h2-8,11H,9-10H2,1H3,(H,25,28)(H,29,30)/t11-/m0/s1. The third-order valence-electron chi connectivity index (χ3n) is 5.11. The molecular formula is C22H17F2N3O3. The fourth-order valence-electron chi connectivity index (χ4n) is 3.41. The normalized spacial score (nSPS) is 13.6. The highest BCUT2D eigenvalue weighted by molar-refractivity contribution is 5.99. The second-order valence-corrected chi connectivity index (χ2v) is 7.07. The highest BCUT2D eigenvalue weighted by Gasteiger charge is 2.28. The molecule has 152 valence electrons. The van der Waals surface area contributed by atoms with Crippen LogP contribution in [0.4, 0.5) is 8.78 Å². The molecule has 0 unspecified atom stereocenters. The molecule has 0 bridgehead atoms. The van der Waals surface area contributed by atoms with Crippen molar-refractivity contribution in [2.24, 2.45) is 0 Å². The molecule has 3 aromatic rings. The third-order valence-corrected chi connectivity index (χ3v) is 5.11. The molecule has 0 aliphatic carbocycles. The van der Waals surface area contributed by atoms with E-state index in [0.29, 0.717) is 22.5 Å². The van der Waals surface area contributed by atoms with Gasteiger partial charge in [0.15, 0.2) is 5.82 Å². The van der Waals surface area contributed by atoms with E-state index in [1.807, 2.05) is 0 Å². The van der Waals surface area contributed by atoms with Crippen LogP contribution < -0.4 is 5.32 Å². The number of aliphatic carboxylic acids is 1. The van der Waals surface area contributed by atoms with Gasteiger partial charge in [0.2, 0.25) is 0 Å². The van der Waals surface area contributed by atoms with E-state index in [4.69, 9.17) is 5.11 Å². The molecule has 8 heteroatoms. The molecule has 1 aliphatic heterocycles. The van der Waals surface area contributed by atoms with Gasteiger partial charge in [-0.05, 0) is 30.2 Å². The van der Waals surface area contributed by atoms with Gasteiger partial charge in [0.1, 0.15) is 11.6 Å². The number of carboxylic acid groups (broad SMARTS) is 1. The summed E-state index contributed by atoms with van der Waals surface area (Å²) in [5.41, 5.74) is 2.12. The Labute approximate surface area is 170 Å². The maximum absolute atomic E-state index is 14.3. The Balaban J connectivity index is 1.75. The first-order valence-electron chi connectivity index (χ1n) is 9.29. The predicted octanol–water partition coefficient (Wildman–Crippen LogP) is 3.44. The lowest BCUT2D eigenvalue weighted by atomic mass is 9.98. The van der Waals surface area contributed by atoms with Crippen molar-refractivity contribution in [3.05, 3.63) is 82.2 Å². The third kappa shape index (κ3) is 3.52. The van der Waals surface area contributed by atoms with Gasteiger partial charge >= 0.3 is 5.97 Å². The number of rotatable bonds is 5. The second-order valence-electron chi connectivity index (χ2n) is 7.07. The van der Waals surface area contributed by atoms with Gasteiger partial charge in [0.25, 0.3) is 5.91 Å². The number of aromatic nitrogens is 2. The number of amides is 1. The Bertz CT molecular complexity index is 1140. The Kier molecular flexibility index (Phi) is 4.99. The summed E-state index contributed by atoms with van der Waals surface area (Å²) in [5.74, 6) is -3.60. The summed E-state index contributed by atoms with van der Waals surface area (Å²) in [7, 11) is 0. The quantitative estimate of drug-likeness (QED) is 0.674. The zero-order chi connectivity index (χ0) is 21.4. The van der Waals surface area contributed by atoms with E-state index >= 15 is 0 Å². The predicted molar refractivity (Wildman–Crippen MR) is 104 cm³/mol. The summed E-state index contributed by atoms with van der Waals surface area (Å²) in [4.78, 5) is 32.0. The fourth-order valence-corrected chi connectivity index (χ4v) is 3.41. The van der Waals surface area contributed by atoms with Crippen LogP contribution in [-0.2, 0) is 17.8 Å². The molecule has 0 fully saturated rings. The number of halogens is 2. The van der Waals surface area contributed by atoms with E-state index in [1.54, 1.807) is 31.2 Å². The molecule has 1 amide bonds. The Morgan fingerprint density at radius 3 is 2.40 bits per heavy atom. The molecular weight excluding hydrogens is 392 g/mol. The highest BCUT2D eigenvalue weighted by atomic mass is 19.1. The van der Waals surface area contributed by atoms with Gasteiger partial charge in [-0.25, -0.2) is 18.7 Å². The number of hydrogen-bond acceptors (Lipinski definition) is 4. The van der Waals surface area contributed by atoms with Crippen LogP contribution in [0.15, 0.2) is 42.5 Å². The second kappa shape index (κ2) is 7.62. The van der Waals surface area contributed by atoms with Crippen molar-refractivity contribution < 1.29 is 23.5 Å². The van der Waals surface area contributed by atoms with E-state index in [0.717, 1.165) is 17.7 Å². The summed E-state index contributed by atoms with van der Waals surface area (Å²) >= 11 is 0. The van der Waals surface area contributed by atoms with Crippen LogP contribution in [0.25, 0.3) is 11.4 Å². The number of fused-ring (bicyclic) bond motifs is 1. The van der Waals surface area contributed by atoms with Crippen LogP contribution in [0, 0.1) is 11.6 Å². The molecule has 4 rings (SSSR count).